The third kappa shape index (κ3) is 4.07. The number of halogens is 1. The summed E-state index contributed by atoms with van der Waals surface area (Å²) in [6.07, 6.45) is 6.15. The Kier molecular flexibility index (Phi) is 5.34. The number of imidazole rings is 1. The van der Waals surface area contributed by atoms with Crippen LogP contribution >= 0.6 is 15.9 Å². The van der Waals surface area contributed by atoms with Crippen LogP contribution in [0.5, 0.6) is 0 Å². The molecule has 2 bridgehead atoms. The topological polar surface area (TPSA) is 87.1 Å². The second kappa shape index (κ2) is 7.97. The van der Waals surface area contributed by atoms with Crippen LogP contribution in [0.25, 0.3) is 11.2 Å². The highest BCUT2D eigenvalue weighted by molar-refractivity contribution is 9.10. The fourth-order valence-corrected chi connectivity index (χ4v) is 5.51. The summed E-state index contributed by atoms with van der Waals surface area (Å²) in [4.78, 5) is 41.9. The van der Waals surface area contributed by atoms with Gasteiger partial charge in [-0.15, -0.1) is 0 Å². The van der Waals surface area contributed by atoms with Gasteiger partial charge in [0.25, 0.3) is 5.91 Å². The van der Waals surface area contributed by atoms with Gasteiger partial charge in [-0.05, 0) is 58.3 Å². The lowest BCUT2D eigenvalue weighted by atomic mass is 9.87. The Hall–Kier alpha value is -2.68. The van der Waals surface area contributed by atoms with Crippen molar-refractivity contribution in [1.82, 2.24) is 24.4 Å². The van der Waals surface area contributed by atoms with E-state index in [2.05, 4.69) is 57.6 Å². The van der Waals surface area contributed by atoms with Crippen LogP contribution in [0.15, 0.2) is 33.8 Å². The Bertz CT molecular complexity index is 1290. The van der Waals surface area contributed by atoms with Crippen molar-refractivity contribution in [3.8, 4) is 0 Å². The third-order valence-corrected chi connectivity index (χ3v) is 7.11. The zero-order valence-electron chi connectivity index (χ0n) is 19.4. The van der Waals surface area contributed by atoms with Crippen LogP contribution in [0.3, 0.4) is 0 Å². The van der Waals surface area contributed by atoms with Crippen molar-refractivity contribution in [2.75, 3.05) is 18.0 Å². The monoisotopic (exact) mass is 512 g/mol. The fourth-order valence-electron chi connectivity index (χ4n) is 5.14. The summed E-state index contributed by atoms with van der Waals surface area (Å²) in [7, 11) is 1.76. The molecule has 1 N–H and O–H groups in total. The van der Waals surface area contributed by atoms with Gasteiger partial charge in [-0.3, -0.25) is 14.3 Å². The predicted molar refractivity (Wildman–Crippen MR) is 132 cm³/mol. The first kappa shape index (κ1) is 22.1. The molecule has 3 fully saturated rings. The molecule has 0 radical (unpaired) electrons. The Labute approximate surface area is 201 Å². The second-order valence-corrected chi connectivity index (χ2v) is 11.4. The maximum atomic E-state index is 13.2. The summed E-state index contributed by atoms with van der Waals surface area (Å²) in [5, 5.41) is 0. The molecular formula is C24H29BrN6O2. The minimum absolute atomic E-state index is 0.0306. The number of nitrogens with zero attached hydrogens (tertiary/aromatic N) is 5. The average Bonchev–Trinajstić information content (AvgIpc) is 3.06. The molecule has 0 spiro atoms. The second-order valence-electron chi connectivity index (χ2n) is 10.5. The minimum Gasteiger partial charge on any atom is -0.350 e. The maximum absolute atomic E-state index is 13.2. The Balaban J connectivity index is 1.48. The first-order chi connectivity index (χ1) is 15.6. The Morgan fingerprint density at radius 3 is 2.61 bits per heavy atom. The lowest BCUT2D eigenvalue weighted by molar-refractivity contribution is 0.0503. The van der Waals surface area contributed by atoms with Gasteiger partial charge < -0.3 is 14.8 Å². The van der Waals surface area contributed by atoms with E-state index in [1.165, 1.54) is 0 Å². The zero-order valence-corrected chi connectivity index (χ0v) is 21.0. The van der Waals surface area contributed by atoms with Crippen LogP contribution in [-0.4, -0.2) is 55.5 Å². The standard InChI is InChI=1S/C24H29BrN6O2/c1-24(2,3)9-14-8-19(27-21-20(14)28-23(33)29(21)4)30-12-18-6-5-17(30)13-31(18)22(32)15-7-16(25)11-26-10-15/h7-8,10-11,17-18H,5-6,9,12-13H2,1-4H3,(H,28,33). The van der Waals surface area contributed by atoms with Crippen molar-refractivity contribution in [1.29, 1.82) is 0 Å². The molecule has 3 saturated heterocycles. The Morgan fingerprint density at radius 1 is 1.18 bits per heavy atom. The van der Waals surface area contributed by atoms with E-state index >= 15 is 0 Å². The highest BCUT2D eigenvalue weighted by Crippen LogP contribution is 2.35. The smallest absolute Gasteiger partial charge is 0.327 e. The summed E-state index contributed by atoms with van der Waals surface area (Å²) in [5.41, 5.74) is 3.14. The molecule has 33 heavy (non-hydrogen) atoms. The molecule has 9 heteroatoms. The largest absolute Gasteiger partial charge is 0.350 e. The molecule has 0 aliphatic carbocycles. The van der Waals surface area contributed by atoms with Crippen LogP contribution < -0.4 is 10.6 Å². The van der Waals surface area contributed by atoms with E-state index in [-0.39, 0.29) is 29.1 Å². The van der Waals surface area contributed by atoms with Crippen LogP contribution in [-0.2, 0) is 13.5 Å². The van der Waals surface area contributed by atoms with Crippen LogP contribution in [0, 0.1) is 5.41 Å². The number of hydrogen-bond acceptors (Lipinski definition) is 5. The summed E-state index contributed by atoms with van der Waals surface area (Å²) < 4.78 is 2.39. The third-order valence-electron chi connectivity index (χ3n) is 6.68. The Morgan fingerprint density at radius 2 is 1.94 bits per heavy atom. The van der Waals surface area contributed by atoms with E-state index < -0.39 is 0 Å². The number of pyridine rings is 2. The lowest BCUT2D eigenvalue weighted by Gasteiger charge is -2.52. The number of rotatable bonds is 3. The van der Waals surface area contributed by atoms with Crippen LogP contribution in [0.4, 0.5) is 5.82 Å². The maximum Gasteiger partial charge on any atom is 0.327 e. The van der Waals surface area contributed by atoms with Crippen molar-refractivity contribution in [3.63, 3.8) is 0 Å². The van der Waals surface area contributed by atoms with Gasteiger partial charge >= 0.3 is 5.69 Å². The molecule has 2 atom stereocenters. The molecule has 3 aliphatic heterocycles. The van der Waals surface area contributed by atoms with E-state index in [1.54, 1.807) is 24.0 Å². The number of aryl methyl sites for hydroxylation is 1. The van der Waals surface area contributed by atoms with Crippen molar-refractivity contribution in [2.45, 2.75) is 52.1 Å². The molecule has 0 aromatic carbocycles. The molecule has 3 aromatic heterocycles. The summed E-state index contributed by atoms with van der Waals surface area (Å²) in [6.45, 7) is 8.00. The van der Waals surface area contributed by atoms with Gasteiger partial charge in [0, 0.05) is 49.1 Å². The van der Waals surface area contributed by atoms with Gasteiger partial charge in [0.1, 0.15) is 5.82 Å². The minimum atomic E-state index is -0.149. The number of anilines is 1. The predicted octanol–water partition coefficient (Wildman–Crippen LogP) is 3.50. The van der Waals surface area contributed by atoms with Gasteiger partial charge in [0.15, 0.2) is 5.65 Å². The van der Waals surface area contributed by atoms with Crippen molar-refractivity contribution in [3.05, 3.63) is 50.6 Å². The van der Waals surface area contributed by atoms with Gasteiger partial charge in [0.2, 0.25) is 0 Å². The number of hydrogen-bond donors (Lipinski definition) is 1. The van der Waals surface area contributed by atoms with E-state index in [9.17, 15) is 9.59 Å². The normalized spacial score (nSPS) is 20.6. The number of piperazine rings is 1. The average molecular weight is 513 g/mol. The molecule has 8 nitrogen and oxygen atoms in total. The zero-order chi connectivity index (χ0) is 23.5. The van der Waals surface area contributed by atoms with Crippen molar-refractivity contribution < 1.29 is 4.79 Å². The summed E-state index contributed by atoms with van der Waals surface area (Å²) >= 11 is 3.41. The van der Waals surface area contributed by atoms with E-state index in [0.717, 1.165) is 47.2 Å². The first-order valence-corrected chi connectivity index (χ1v) is 12.2. The van der Waals surface area contributed by atoms with E-state index in [4.69, 9.17) is 4.98 Å². The van der Waals surface area contributed by atoms with Gasteiger partial charge in [-0.25, -0.2) is 9.78 Å². The van der Waals surface area contributed by atoms with Gasteiger partial charge in [-0.2, -0.15) is 0 Å². The van der Waals surface area contributed by atoms with Gasteiger partial charge in [-0.1, -0.05) is 20.8 Å². The summed E-state index contributed by atoms with van der Waals surface area (Å²) in [5.74, 6) is 0.922. The van der Waals surface area contributed by atoms with Crippen molar-refractivity contribution in [2.24, 2.45) is 12.5 Å². The molecule has 0 saturated carbocycles. The molecule has 6 heterocycles. The molecule has 174 valence electrons. The van der Waals surface area contributed by atoms with Crippen LogP contribution in [0.1, 0.15) is 49.5 Å². The fraction of sp³-hybridized carbons (Fsp3) is 0.500. The SMILES string of the molecule is Cn1c(=O)[nH]c2c(CC(C)(C)C)cc(N3CC4CCC3CN4C(=O)c3cncc(Br)c3)nc21. The highest BCUT2D eigenvalue weighted by atomic mass is 79.9. The summed E-state index contributed by atoms with van der Waals surface area (Å²) in [6, 6.07) is 4.28. The van der Waals surface area contributed by atoms with Crippen molar-refractivity contribution >= 4 is 38.8 Å². The van der Waals surface area contributed by atoms with E-state index in [1.807, 2.05) is 11.0 Å². The number of fused-ring (bicyclic) bond motifs is 4. The van der Waals surface area contributed by atoms with E-state index in [0.29, 0.717) is 17.8 Å². The number of carbonyl (C=O) groups excluding carboxylic acids is 1. The number of H-pyrrole nitrogens is 1. The van der Waals surface area contributed by atoms with Gasteiger partial charge in [0.05, 0.1) is 11.1 Å². The molecule has 1 amide bonds. The molecule has 3 aliphatic rings. The molecule has 6 rings (SSSR count). The number of amides is 1. The highest BCUT2D eigenvalue weighted by Gasteiger charge is 2.42. The molecule has 2 unspecified atom stereocenters. The number of piperidine rings is 2. The molecule has 3 aromatic rings. The lowest BCUT2D eigenvalue weighted by Crippen LogP contribution is -2.64. The number of aromatic amines is 1. The number of aromatic nitrogens is 4. The number of nitrogens with one attached hydrogen (secondary N) is 1. The number of carbonyl (C=O) groups is 1. The van der Waals surface area contributed by atoms with Crippen LogP contribution in [0.2, 0.25) is 0 Å². The quantitative estimate of drug-likeness (QED) is 0.580. The molecular weight excluding hydrogens is 484 g/mol. The first-order valence-electron chi connectivity index (χ1n) is 11.4.